The van der Waals surface area contributed by atoms with Gasteiger partial charge in [0.2, 0.25) is 21.8 Å². The molecule has 0 radical (unpaired) electrons. The Morgan fingerprint density at radius 2 is 2.05 bits per heavy atom. The van der Waals surface area contributed by atoms with E-state index in [4.69, 9.17) is 8.83 Å². The van der Waals surface area contributed by atoms with Crippen LogP contribution in [0.2, 0.25) is 0 Å². The van der Waals surface area contributed by atoms with Crippen molar-refractivity contribution in [3.8, 4) is 0 Å². The Morgan fingerprint density at radius 1 is 1.27 bits per heavy atom. The second-order valence-corrected chi connectivity index (χ2v) is 6.36. The molecule has 116 valence electrons. The maximum absolute atomic E-state index is 12.2. The van der Waals surface area contributed by atoms with Crippen LogP contribution in [0.4, 0.5) is 0 Å². The highest BCUT2D eigenvalue weighted by atomic mass is 32.2. The highest BCUT2D eigenvalue weighted by molar-refractivity contribution is 7.89. The summed E-state index contributed by atoms with van der Waals surface area (Å²) in [4.78, 5) is 11.4. The third-order valence-corrected chi connectivity index (χ3v) is 4.45. The topological polar surface area (TPSA) is 120 Å². The van der Waals surface area contributed by atoms with Crippen molar-refractivity contribution in [1.29, 1.82) is 0 Å². The van der Waals surface area contributed by atoms with Gasteiger partial charge in [0.25, 0.3) is 0 Å². The zero-order valence-electron chi connectivity index (χ0n) is 11.7. The molecule has 0 spiro atoms. The van der Waals surface area contributed by atoms with E-state index in [9.17, 15) is 13.2 Å². The molecule has 10 heteroatoms. The molecule has 2 heterocycles. The van der Waals surface area contributed by atoms with Gasteiger partial charge in [-0.2, -0.15) is 0 Å². The zero-order valence-corrected chi connectivity index (χ0v) is 12.5. The Bertz CT molecular complexity index is 998. The Morgan fingerprint density at radius 3 is 2.73 bits per heavy atom. The maximum Gasteiger partial charge on any atom is 0.419 e. The SMILES string of the molecule is Cc1nnc(CNS(=O)(=O)c2ccc3c(c2)oc(=O)n3C)o1. The molecule has 2 aromatic heterocycles. The van der Waals surface area contributed by atoms with Crippen LogP contribution in [-0.2, 0) is 23.6 Å². The molecular formula is C12H12N4O5S. The third kappa shape index (κ3) is 2.53. The average Bonchev–Trinajstić information content (AvgIpc) is 3.01. The standard InChI is InChI=1S/C12H12N4O5S/c1-7-14-15-11(20-7)6-13-22(18,19)8-3-4-9-10(5-8)21-12(17)16(9)2/h3-5,13H,6H2,1-2H3. The molecule has 0 amide bonds. The average molecular weight is 324 g/mol. The zero-order chi connectivity index (χ0) is 15.9. The van der Waals surface area contributed by atoms with Gasteiger partial charge < -0.3 is 8.83 Å². The Kier molecular flexibility index (Phi) is 3.34. The Balaban J connectivity index is 1.89. The summed E-state index contributed by atoms with van der Waals surface area (Å²) in [6, 6.07) is 4.18. The van der Waals surface area contributed by atoms with E-state index >= 15 is 0 Å². The fourth-order valence-corrected chi connectivity index (χ4v) is 2.92. The lowest BCUT2D eigenvalue weighted by Gasteiger charge is -2.04. The first kappa shape index (κ1) is 14.5. The highest BCUT2D eigenvalue weighted by Crippen LogP contribution is 2.18. The van der Waals surface area contributed by atoms with Gasteiger partial charge in [0.1, 0.15) is 0 Å². The summed E-state index contributed by atoms with van der Waals surface area (Å²) in [5.74, 6) is -0.0473. The van der Waals surface area contributed by atoms with E-state index < -0.39 is 15.8 Å². The molecule has 0 unspecified atom stereocenters. The van der Waals surface area contributed by atoms with E-state index in [1.165, 1.54) is 22.8 Å². The minimum Gasteiger partial charge on any atom is -0.424 e. The second-order valence-electron chi connectivity index (χ2n) is 4.60. The molecule has 0 fully saturated rings. The summed E-state index contributed by atoms with van der Waals surface area (Å²) in [5, 5.41) is 7.31. The monoisotopic (exact) mass is 324 g/mol. The predicted octanol–water partition coefficient (Wildman–Crippen LogP) is 0.301. The lowest BCUT2D eigenvalue weighted by Crippen LogP contribution is -2.23. The summed E-state index contributed by atoms with van der Waals surface area (Å²) in [7, 11) is -2.25. The van der Waals surface area contributed by atoms with Gasteiger partial charge in [-0.05, 0) is 12.1 Å². The van der Waals surface area contributed by atoms with Crippen LogP contribution >= 0.6 is 0 Å². The van der Waals surface area contributed by atoms with E-state index in [1.54, 1.807) is 14.0 Å². The maximum atomic E-state index is 12.2. The van der Waals surface area contributed by atoms with Gasteiger partial charge in [0.05, 0.1) is 17.0 Å². The number of hydrogen-bond donors (Lipinski definition) is 1. The van der Waals surface area contributed by atoms with Crippen molar-refractivity contribution < 1.29 is 17.3 Å². The van der Waals surface area contributed by atoms with Crippen molar-refractivity contribution in [2.45, 2.75) is 18.4 Å². The molecule has 0 bridgehead atoms. The van der Waals surface area contributed by atoms with Crippen molar-refractivity contribution in [1.82, 2.24) is 19.5 Å². The molecule has 0 aliphatic heterocycles. The number of benzene rings is 1. The molecular weight excluding hydrogens is 312 g/mol. The number of nitrogens with one attached hydrogen (secondary N) is 1. The van der Waals surface area contributed by atoms with E-state index in [-0.39, 0.29) is 22.9 Å². The summed E-state index contributed by atoms with van der Waals surface area (Å²) in [6.45, 7) is 1.48. The van der Waals surface area contributed by atoms with E-state index in [1.807, 2.05) is 0 Å². The van der Waals surface area contributed by atoms with Crippen molar-refractivity contribution in [3.05, 3.63) is 40.5 Å². The number of oxazole rings is 1. The number of rotatable bonds is 4. The normalized spacial score (nSPS) is 12.1. The van der Waals surface area contributed by atoms with Crippen molar-refractivity contribution in [2.24, 2.45) is 7.05 Å². The number of sulfonamides is 1. The van der Waals surface area contributed by atoms with Gasteiger partial charge in [0.15, 0.2) is 5.58 Å². The molecule has 1 N–H and O–H groups in total. The second kappa shape index (κ2) is 5.07. The number of nitrogens with zero attached hydrogens (tertiary/aromatic N) is 3. The van der Waals surface area contributed by atoms with Crippen molar-refractivity contribution in [2.75, 3.05) is 0 Å². The van der Waals surface area contributed by atoms with Crippen LogP contribution in [0, 0.1) is 6.92 Å². The Labute approximate surface area is 124 Å². The molecule has 0 atom stereocenters. The van der Waals surface area contributed by atoms with Gasteiger partial charge in [-0.3, -0.25) is 4.57 Å². The quantitative estimate of drug-likeness (QED) is 0.732. The summed E-state index contributed by atoms with van der Waals surface area (Å²) < 4.78 is 38.1. The minimum absolute atomic E-state index is 0.0226. The fraction of sp³-hybridized carbons (Fsp3) is 0.250. The first-order chi connectivity index (χ1) is 10.4. The molecule has 0 saturated heterocycles. The van der Waals surface area contributed by atoms with Crippen LogP contribution < -0.4 is 10.5 Å². The van der Waals surface area contributed by atoms with Crippen LogP contribution in [0.3, 0.4) is 0 Å². The molecule has 3 aromatic rings. The predicted molar refractivity (Wildman–Crippen MR) is 74.5 cm³/mol. The van der Waals surface area contributed by atoms with Crippen LogP contribution in [0.1, 0.15) is 11.8 Å². The minimum atomic E-state index is -3.79. The molecule has 9 nitrogen and oxygen atoms in total. The lowest BCUT2D eigenvalue weighted by molar-refractivity contribution is 0.460. The molecule has 0 aliphatic rings. The first-order valence-electron chi connectivity index (χ1n) is 6.25. The van der Waals surface area contributed by atoms with Gasteiger partial charge in [-0.1, -0.05) is 0 Å². The van der Waals surface area contributed by atoms with Crippen molar-refractivity contribution >= 4 is 21.1 Å². The smallest absolute Gasteiger partial charge is 0.419 e. The summed E-state index contributed by atoms with van der Waals surface area (Å²) >= 11 is 0. The summed E-state index contributed by atoms with van der Waals surface area (Å²) in [5.41, 5.74) is 0.709. The molecule has 22 heavy (non-hydrogen) atoms. The highest BCUT2D eigenvalue weighted by Gasteiger charge is 2.17. The van der Waals surface area contributed by atoms with E-state index in [0.29, 0.717) is 11.4 Å². The van der Waals surface area contributed by atoms with Crippen LogP contribution in [0.5, 0.6) is 0 Å². The lowest BCUT2D eigenvalue weighted by atomic mass is 10.3. The Hall–Kier alpha value is -2.46. The van der Waals surface area contributed by atoms with Gasteiger partial charge >= 0.3 is 5.76 Å². The first-order valence-corrected chi connectivity index (χ1v) is 7.73. The van der Waals surface area contributed by atoms with E-state index in [2.05, 4.69) is 14.9 Å². The fourth-order valence-electron chi connectivity index (χ4n) is 1.93. The van der Waals surface area contributed by atoms with Crippen LogP contribution in [-0.4, -0.2) is 23.2 Å². The van der Waals surface area contributed by atoms with E-state index in [0.717, 1.165) is 0 Å². The number of fused-ring (bicyclic) bond motifs is 1. The van der Waals surface area contributed by atoms with Crippen LogP contribution in [0.15, 0.2) is 36.7 Å². The molecule has 0 saturated carbocycles. The largest absolute Gasteiger partial charge is 0.424 e. The van der Waals surface area contributed by atoms with Crippen LogP contribution in [0.25, 0.3) is 11.1 Å². The van der Waals surface area contributed by atoms with Gasteiger partial charge in [-0.25, -0.2) is 17.9 Å². The molecule has 0 aliphatic carbocycles. The third-order valence-electron chi connectivity index (χ3n) is 3.06. The van der Waals surface area contributed by atoms with Gasteiger partial charge in [0, 0.05) is 20.0 Å². The number of aromatic nitrogens is 3. The molecule has 3 rings (SSSR count). The molecule has 1 aromatic carbocycles. The number of aryl methyl sites for hydroxylation is 2. The number of hydrogen-bond acceptors (Lipinski definition) is 7. The van der Waals surface area contributed by atoms with Crippen molar-refractivity contribution in [3.63, 3.8) is 0 Å². The summed E-state index contributed by atoms with van der Waals surface area (Å²) in [6.07, 6.45) is 0. The van der Waals surface area contributed by atoms with Gasteiger partial charge in [-0.15, -0.1) is 10.2 Å².